The summed E-state index contributed by atoms with van der Waals surface area (Å²) < 4.78 is 0. The highest BCUT2D eigenvalue weighted by molar-refractivity contribution is 5.95. The van der Waals surface area contributed by atoms with E-state index in [0.29, 0.717) is 12.8 Å². The first-order chi connectivity index (χ1) is 13.5. The quantitative estimate of drug-likeness (QED) is 0.221. The Morgan fingerprint density at radius 2 is 1.31 bits per heavy atom. The lowest BCUT2D eigenvalue weighted by atomic mass is 9.95. The fraction of sp³-hybridized carbons (Fsp3) is 0.722. The average Bonchev–Trinajstić information content (AvgIpc) is 2.67. The summed E-state index contributed by atoms with van der Waals surface area (Å²) in [6.45, 7) is 6.51. The van der Waals surface area contributed by atoms with Crippen LogP contribution in [-0.4, -0.2) is 64.5 Å². The van der Waals surface area contributed by atoms with Crippen molar-refractivity contribution in [2.24, 2.45) is 17.6 Å². The zero-order valence-corrected chi connectivity index (χ0v) is 17.2. The number of carboxylic acids is 2. The maximum Gasteiger partial charge on any atom is 0.326 e. The van der Waals surface area contributed by atoms with Gasteiger partial charge in [0.15, 0.2) is 0 Å². The predicted molar refractivity (Wildman–Crippen MR) is 104 cm³/mol. The molecule has 0 aliphatic rings. The van der Waals surface area contributed by atoms with E-state index >= 15 is 0 Å². The van der Waals surface area contributed by atoms with Crippen molar-refractivity contribution in [2.75, 3.05) is 6.54 Å². The normalized spacial score (nSPS) is 15.9. The van der Waals surface area contributed by atoms with Crippen molar-refractivity contribution < 1.29 is 34.2 Å². The van der Waals surface area contributed by atoms with Gasteiger partial charge in [-0.1, -0.05) is 40.5 Å². The molecule has 0 saturated carbocycles. The van der Waals surface area contributed by atoms with E-state index in [4.69, 9.17) is 10.8 Å². The zero-order chi connectivity index (χ0) is 22.7. The van der Waals surface area contributed by atoms with Crippen LogP contribution < -0.4 is 21.7 Å². The average molecular weight is 416 g/mol. The summed E-state index contributed by atoms with van der Waals surface area (Å²) >= 11 is 0. The first-order valence-electron chi connectivity index (χ1n) is 9.53. The lowest BCUT2D eigenvalue weighted by molar-refractivity contribution is -0.144. The molecule has 29 heavy (non-hydrogen) atoms. The second kappa shape index (κ2) is 12.7. The molecular weight excluding hydrogens is 384 g/mol. The van der Waals surface area contributed by atoms with Crippen molar-refractivity contribution in [3.8, 4) is 0 Å². The van der Waals surface area contributed by atoms with Crippen molar-refractivity contribution in [1.29, 1.82) is 0 Å². The van der Waals surface area contributed by atoms with Crippen molar-refractivity contribution in [3.05, 3.63) is 0 Å². The summed E-state index contributed by atoms with van der Waals surface area (Å²) in [7, 11) is 0. The molecule has 0 radical (unpaired) electrons. The molecule has 11 heteroatoms. The van der Waals surface area contributed by atoms with Crippen LogP contribution in [0, 0.1) is 11.8 Å². The molecule has 11 nitrogen and oxygen atoms in total. The molecule has 0 aliphatic carbocycles. The molecule has 0 aromatic carbocycles. The van der Waals surface area contributed by atoms with E-state index in [9.17, 15) is 29.1 Å². The van der Waals surface area contributed by atoms with Gasteiger partial charge in [-0.2, -0.15) is 0 Å². The largest absolute Gasteiger partial charge is 0.481 e. The number of hydrogen-bond donors (Lipinski definition) is 6. The van der Waals surface area contributed by atoms with Crippen molar-refractivity contribution >= 4 is 29.7 Å². The minimum Gasteiger partial charge on any atom is -0.481 e. The third-order valence-corrected chi connectivity index (χ3v) is 4.79. The Morgan fingerprint density at radius 3 is 1.72 bits per heavy atom. The van der Waals surface area contributed by atoms with Gasteiger partial charge >= 0.3 is 11.9 Å². The second-order valence-electron chi connectivity index (χ2n) is 7.00. The van der Waals surface area contributed by atoms with E-state index in [1.165, 1.54) is 0 Å². The SMILES string of the molecule is CCC(C)C(NC(=O)C(NC(=O)C(CC(=O)O)NC(=O)CN)C(C)CC)C(=O)O. The zero-order valence-electron chi connectivity index (χ0n) is 17.2. The fourth-order valence-corrected chi connectivity index (χ4v) is 2.52. The Balaban J connectivity index is 5.50. The molecule has 0 aromatic rings. The molecule has 0 saturated heterocycles. The molecule has 0 aromatic heterocycles. The van der Waals surface area contributed by atoms with Gasteiger partial charge in [0.2, 0.25) is 17.7 Å². The van der Waals surface area contributed by atoms with Gasteiger partial charge < -0.3 is 31.9 Å². The highest BCUT2D eigenvalue weighted by atomic mass is 16.4. The third kappa shape index (κ3) is 8.90. The number of carbonyl (C=O) groups is 5. The van der Waals surface area contributed by atoms with Crippen LogP contribution in [0.15, 0.2) is 0 Å². The molecule has 0 rings (SSSR count). The van der Waals surface area contributed by atoms with E-state index in [-0.39, 0.29) is 11.8 Å². The Bertz CT molecular complexity index is 611. The monoisotopic (exact) mass is 416 g/mol. The van der Waals surface area contributed by atoms with E-state index in [0.717, 1.165) is 0 Å². The first-order valence-corrected chi connectivity index (χ1v) is 9.53. The summed E-state index contributed by atoms with van der Waals surface area (Å²) in [5, 5.41) is 25.4. The highest BCUT2D eigenvalue weighted by Gasteiger charge is 2.34. The van der Waals surface area contributed by atoms with Gasteiger partial charge in [0, 0.05) is 0 Å². The molecule has 0 heterocycles. The number of aliphatic carboxylic acids is 2. The van der Waals surface area contributed by atoms with Gasteiger partial charge in [-0.05, 0) is 11.8 Å². The first kappa shape index (κ1) is 26.3. The van der Waals surface area contributed by atoms with Crippen LogP contribution in [0.4, 0.5) is 0 Å². The molecule has 166 valence electrons. The molecule has 5 unspecified atom stereocenters. The molecular formula is C18H32N4O7. The van der Waals surface area contributed by atoms with Crippen LogP contribution in [0.2, 0.25) is 0 Å². The Hall–Kier alpha value is -2.69. The topological polar surface area (TPSA) is 188 Å². The van der Waals surface area contributed by atoms with Gasteiger partial charge in [0.05, 0.1) is 13.0 Å². The smallest absolute Gasteiger partial charge is 0.326 e. The molecule has 0 fully saturated rings. The van der Waals surface area contributed by atoms with Gasteiger partial charge in [-0.15, -0.1) is 0 Å². The second-order valence-corrected chi connectivity index (χ2v) is 7.00. The number of nitrogens with one attached hydrogen (secondary N) is 3. The van der Waals surface area contributed by atoms with Crippen LogP contribution >= 0.6 is 0 Å². The Morgan fingerprint density at radius 1 is 0.828 bits per heavy atom. The van der Waals surface area contributed by atoms with Crippen LogP contribution in [0.25, 0.3) is 0 Å². The number of hydrogen-bond acceptors (Lipinski definition) is 6. The molecule has 0 bridgehead atoms. The summed E-state index contributed by atoms with van der Waals surface area (Å²) in [5.74, 6) is -5.52. The van der Waals surface area contributed by atoms with Gasteiger partial charge in [-0.3, -0.25) is 19.2 Å². The van der Waals surface area contributed by atoms with Crippen molar-refractivity contribution in [2.45, 2.75) is 65.1 Å². The maximum absolute atomic E-state index is 12.7. The van der Waals surface area contributed by atoms with E-state index in [1.54, 1.807) is 27.7 Å². The molecule has 7 N–H and O–H groups in total. The highest BCUT2D eigenvalue weighted by Crippen LogP contribution is 2.12. The Labute approximate surface area is 169 Å². The van der Waals surface area contributed by atoms with E-state index < -0.39 is 60.8 Å². The summed E-state index contributed by atoms with van der Waals surface area (Å²) in [4.78, 5) is 59.3. The predicted octanol–water partition coefficient (Wildman–Crippen LogP) is -0.949. The maximum atomic E-state index is 12.7. The summed E-state index contributed by atoms with van der Waals surface area (Å²) in [6.07, 6.45) is 0.304. The summed E-state index contributed by atoms with van der Waals surface area (Å²) in [5.41, 5.74) is 5.18. The lowest BCUT2D eigenvalue weighted by Gasteiger charge is -2.28. The minimum atomic E-state index is -1.42. The van der Waals surface area contributed by atoms with Crippen LogP contribution in [0.1, 0.15) is 47.0 Å². The van der Waals surface area contributed by atoms with Gasteiger partial charge in [0.1, 0.15) is 18.1 Å². The van der Waals surface area contributed by atoms with Gasteiger partial charge in [0.25, 0.3) is 0 Å². The fourth-order valence-electron chi connectivity index (χ4n) is 2.52. The van der Waals surface area contributed by atoms with Crippen molar-refractivity contribution in [3.63, 3.8) is 0 Å². The van der Waals surface area contributed by atoms with Gasteiger partial charge in [-0.25, -0.2) is 4.79 Å². The molecule has 0 aliphatic heterocycles. The number of nitrogens with two attached hydrogens (primary N) is 1. The van der Waals surface area contributed by atoms with Crippen LogP contribution in [0.3, 0.4) is 0 Å². The van der Waals surface area contributed by atoms with E-state index in [1.807, 2.05) is 0 Å². The number of rotatable bonds is 13. The Kier molecular flexibility index (Phi) is 11.5. The van der Waals surface area contributed by atoms with Crippen LogP contribution in [0.5, 0.6) is 0 Å². The summed E-state index contributed by atoms with van der Waals surface area (Å²) in [6, 6.07) is -3.67. The minimum absolute atomic E-state index is 0.340. The number of amides is 3. The molecule has 0 spiro atoms. The third-order valence-electron chi connectivity index (χ3n) is 4.79. The standard InChI is InChI=1S/C18H32N4O7/c1-5-9(3)14(17(27)22-15(18(28)29)10(4)6-2)21-16(26)11(7-13(24)25)20-12(23)8-19/h9-11,14-15H,5-8,19H2,1-4H3,(H,20,23)(H,21,26)(H,22,27)(H,24,25)(H,28,29). The lowest BCUT2D eigenvalue weighted by Crippen LogP contribution is -2.59. The van der Waals surface area contributed by atoms with E-state index in [2.05, 4.69) is 16.0 Å². The van der Waals surface area contributed by atoms with Crippen LogP contribution in [-0.2, 0) is 24.0 Å². The number of carboxylic acid groups (broad SMARTS) is 2. The number of carbonyl (C=O) groups excluding carboxylic acids is 3. The van der Waals surface area contributed by atoms with Crippen molar-refractivity contribution in [1.82, 2.24) is 16.0 Å². The molecule has 5 atom stereocenters. The molecule has 3 amide bonds.